The van der Waals surface area contributed by atoms with E-state index in [0.29, 0.717) is 18.8 Å². The molecule has 0 aromatic carbocycles. The van der Waals surface area contributed by atoms with Crippen LogP contribution in [0.1, 0.15) is 31.2 Å². The van der Waals surface area contributed by atoms with E-state index in [1.54, 1.807) is 6.20 Å². The summed E-state index contributed by atoms with van der Waals surface area (Å²) in [6.45, 7) is 2.84. The molecule has 0 atom stereocenters. The molecule has 0 saturated heterocycles. The van der Waals surface area contributed by atoms with Crippen LogP contribution in [0.5, 0.6) is 0 Å². The molecule has 2 heterocycles. The Balaban J connectivity index is 1.83. The van der Waals surface area contributed by atoms with E-state index in [1.807, 2.05) is 13.0 Å². The van der Waals surface area contributed by atoms with Gasteiger partial charge in [0.1, 0.15) is 0 Å². The van der Waals surface area contributed by atoms with Crippen LogP contribution in [0.15, 0.2) is 22.9 Å². The molecule has 1 fully saturated rings. The SMILES string of the molecule is Cc1cn(CC2CCC(F)(F)CC2)c2cc(Br)cnc12. The van der Waals surface area contributed by atoms with Crippen LogP contribution in [0.25, 0.3) is 11.0 Å². The van der Waals surface area contributed by atoms with E-state index in [0.717, 1.165) is 27.6 Å². The number of aryl methyl sites for hydroxylation is 1. The summed E-state index contributed by atoms with van der Waals surface area (Å²) in [5.74, 6) is -2.11. The molecule has 0 N–H and O–H groups in total. The topological polar surface area (TPSA) is 17.8 Å². The van der Waals surface area contributed by atoms with Gasteiger partial charge in [0, 0.05) is 36.3 Å². The van der Waals surface area contributed by atoms with Crippen molar-refractivity contribution in [3.63, 3.8) is 0 Å². The maximum absolute atomic E-state index is 13.2. The van der Waals surface area contributed by atoms with E-state index in [2.05, 4.69) is 31.7 Å². The van der Waals surface area contributed by atoms with E-state index in [-0.39, 0.29) is 12.8 Å². The average Bonchev–Trinajstić information content (AvgIpc) is 2.68. The number of nitrogens with zero attached hydrogens (tertiary/aromatic N) is 2. The molecule has 5 heteroatoms. The molecule has 0 aliphatic heterocycles. The number of halogens is 3. The highest BCUT2D eigenvalue weighted by molar-refractivity contribution is 9.10. The highest BCUT2D eigenvalue weighted by atomic mass is 79.9. The number of hydrogen-bond acceptors (Lipinski definition) is 1. The van der Waals surface area contributed by atoms with Crippen LogP contribution in [0.2, 0.25) is 0 Å². The van der Waals surface area contributed by atoms with Gasteiger partial charge in [-0.05, 0) is 53.2 Å². The summed E-state index contributed by atoms with van der Waals surface area (Å²) in [6.07, 6.45) is 5.13. The van der Waals surface area contributed by atoms with Crippen LogP contribution in [0.3, 0.4) is 0 Å². The molecule has 0 amide bonds. The maximum Gasteiger partial charge on any atom is 0.248 e. The third kappa shape index (κ3) is 2.73. The molecule has 20 heavy (non-hydrogen) atoms. The molecule has 0 spiro atoms. The predicted octanol–water partition coefficient (Wildman–Crippen LogP) is 4.93. The van der Waals surface area contributed by atoms with Crippen molar-refractivity contribution in [2.24, 2.45) is 5.92 Å². The first-order valence-corrected chi connectivity index (χ1v) is 7.73. The largest absolute Gasteiger partial charge is 0.346 e. The van der Waals surface area contributed by atoms with Gasteiger partial charge < -0.3 is 4.57 Å². The highest BCUT2D eigenvalue weighted by Crippen LogP contribution is 2.37. The van der Waals surface area contributed by atoms with E-state index in [4.69, 9.17) is 0 Å². The fourth-order valence-corrected chi connectivity index (χ4v) is 3.35. The average molecular weight is 343 g/mol. The lowest BCUT2D eigenvalue weighted by atomic mass is 9.87. The maximum atomic E-state index is 13.2. The van der Waals surface area contributed by atoms with Crippen LogP contribution >= 0.6 is 15.9 Å². The standard InChI is InChI=1S/C15H17BrF2N2/c1-10-8-20(13-6-12(16)7-19-14(10)13)9-11-2-4-15(17,18)5-3-11/h6-8,11H,2-5,9H2,1H3. The molecule has 0 unspecified atom stereocenters. The summed E-state index contributed by atoms with van der Waals surface area (Å²) in [5, 5.41) is 0. The van der Waals surface area contributed by atoms with Gasteiger partial charge in [-0.15, -0.1) is 0 Å². The molecule has 1 aliphatic rings. The summed E-state index contributed by atoms with van der Waals surface area (Å²) in [4.78, 5) is 4.43. The van der Waals surface area contributed by atoms with Crippen molar-refractivity contribution in [3.8, 4) is 0 Å². The van der Waals surface area contributed by atoms with E-state index < -0.39 is 5.92 Å². The Bertz CT molecular complexity index is 626. The minimum atomic E-state index is -2.45. The van der Waals surface area contributed by atoms with Crippen LogP contribution in [0.4, 0.5) is 8.78 Å². The fraction of sp³-hybridized carbons (Fsp3) is 0.533. The number of hydrogen-bond donors (Lipinski definition) is 0. The summed E-state index contributed by atoms with van der Waals surface area (Å²) in [5.41, 5.74) is 3.21. The van der Waals surface area contributed by atoms with E-state index in [1.165, 1.54) is 0 Å². The lowest BCUT2D eigenvalue weighted by Crippen LogP contribution is -2.26. The first-order chi connectivity index (χ1) is 9.44. The number of aromatic nitrogens is 2. The monoisotopic (exact) mass is 342 g/mol. The molecule has 1 aliphatic carbocycles. The Morgan fingerprint density at radius 3 is 2.80 bits per heavy atom. The number of rotatable bonds is 2. The lowest BCUT2D eigenvalue weighted by molar-refractivity contribution is -0.0472. The summed E-state index contributed by atoms with van der Waals surface area (Å²) >= 11 is 3.44. The molecule has 2 aromatic rings. The molecule has 1 saturated carbocycles. The van der Waals surface area contributed by atoms with Crippen molar-refractivity contribution in [1.82, 2.24) is 9.55 Å². The van der Waals surface area contributed by atoms with Gasteiger partial charge in [0.2, 0.25) is 5.92 Å². The van der Waals surface area contributed by atoms with Gasteiger partial charge in [-0.3, -0.25) is 4.98 Å². The molecule has 108 valence electrons. The third-order valence-electron chi connectivity index (χ3n) is 4.16. The molecule has 0 bridgehead atoms. The van der Waals surface area contributed by atoms with Crippen LogP contribution in [-0.2, 0) is 6.54 Å². The highest BCUT2D eigenvalue weighted by Gasteiger charge is 2.34. The molecule has 3 rings (SSSR count). The van der Waals surface area contributed by atoms with Gasteiger partial charge in [0.15, 0.2) is 0 Å². The van der Waals surface area contributed by atoms with Gasteiger partial charge in [0.25, 0.3) is 0 Å². The minimum absolute atomic E-state index is 0.0256. The van der Waals surface area contributed by atoms with Crippen LogP contribution in [-0.4, -0.2) is 15.5 Å². The van der Waals surface area contributed by atoms with Crippen LogP contribution < -0.4 is 0 Å². The summed E-state index contributed by atoms with van der Waals surface area (Å²) in [6, 6.07) is 2.05. The van der Waals surface area contributed by atoms with Crippen molar-refractivity contribution >= 4 is 27.0 Å². The molecule has 2 aromatic heterocycles. The second-order valence-electron chi connectivity index (χ2n) is 5.79. The van der Waals surface area contributed by atoms with Gasteiger partial charge in [-0.25, -0.2) is 8.78 Å². The molecule has 0 radical (unpaired) electrons. The Morgan fingerprint density at radius 2 is 2.10 bits per heavy atom. The smallest absolute Gasteiger partial charge is 0.248 e. The zero-order valence-corrected chi connectivity index (χ0v) is 13.0. The van der Waals surface area contributed by atoms with Crippen molar-refractivity contribution in [2.45, 2.75) is 45.1 Å². The van der Waals surface area contributed by atoms with Gasteiger partial charge in [0.05, 0.1) is 11.0 Å². The summed E-state index contributed by atoms with van der Waals surface area (Å²) in [7, 11) is 0. The number of fused-ring (bicyclic) bond motifs is 1. The van der Waals surface area contributed by atoms with Crippen molar-refractivity contribution in [3.05, 3.63) is 28.5 Å². The van der Waals surface area contributed by atoms with Gasteiger partial charge in [-0.1, -0.05) is 0 Å². The zero-order chi connectivity index (χ0) is 14.3. The van der Waals surface area contributed by atoms with Gasteiger partial charge >= 0.3 is 0 Å². The number of pyridine rings is 1. The van der Waals surface area contributed by atoms with Gasteiger partial charge in [-0.2, -0.15) is 0 Å². The second-order valence-corrected chi connectivity index (χ2v) is 6.70. The number of alkyl halides is 2. The van der Waals surface area contributed by atoms with Crippen molar-refractivity contribution < 1.29 is 8.78 Å². The lowest BCUT2D eigenvalue weighted by Gasteiger charge is -2.28. The predicted molar refractivity (Wildman–Crippen MR) is 79.1 cm³/mol. The minimum Gasteiger partial charge on any atom is -0.346 e. The molecule has 2 nitrogen and oxygen atoms in total. The zero-order valence-electron chi connectivity index (χ0n) is 11.4. The molecular weight excluding hydrogens is 326 g/mol. The Morgan fingerprint density at radius 1 is 1.40 bits per heavy atom. The molecular formula is C15H17BrF2N2. The van der Waals surface area contributed by atoms with Crippen molar-refractivity contribution in [2.75, 3.05) is 0 Å². The Kier molecular flexibility index (Phi) is 3.56. The van der Waals surface area contributed by atoms with E-state index in [9.17, 15) is 8.78 Å². The first kappa shape index (κ1) is 14.0. The summed E-state index contributed by atoms with van der Waals surface area (Å²) < 4.78 is 29.5. The van der Waals surface area contributed by atoms with Crippen LogP contribution in [0, 0.1) is 12.8 Å². The first-order valence-electron chi connectivity index (χ1n) is 6.93. The Hall–Kier alpha value is -0.970. The van der Waals surface area contributed by atoms with Crippen molar-refractivity contribution in [1.29, 1.82) is 0 Å². The third-order valence-corrected chi connectivity index (χ3v) is 4.59. The Labute approximate surface area is 125 Å². The fourth-order valence-electron chi connectivity index (χ4n) is 3.03. The quantitative estimate of drug-likeness (QED) is 0.756. The van der Waals surface area contributed by atoms with E-state index >= 15 is 0 Å². The second kappa shape index (κ2) is 5.10. The normalized spacial score (nSPS) is 19.6.